The Morgan fingerprint density at radius 2 is 1.59 bits per heavy atom. The number of aryl methyl sites for hydroxylation is 1. The maximum atomic E-state index is 13.6. The minimum atomic E-state index is -1.28. The molecule has 0 aliphatic heterocycles. The maximum Gasteiger partial charge on any atom is 0.129 e. The van der Waals surface area contributed by atoms with E-state index in [2.05, 4.69) is 0 Å². The topological polar surface area (TPSA) is 20.2 Å². The molecule has 17 heavy (non-hydrogen) atoms. The summed E-state index contributed by atoms with van der Waals surface area (Å²) in [6, 6.07) is 10.3. The van der Waals surface area contributed by atoms with Crippen molar-refractivity contribution in [1.29, 1.82) is 0 Å². The highest BCUT2D eigenvalue weighted by Gasteiger charge is 2.17. The fraction of sp³-hybridized carbons (Fsp3) is 0.143. The first-order chi connectivity index (χ1) is 8.09. The van der Waals surface area contributed by atoms with E-state index in [-0.39, 0.29) is 11.1 Å². The van der Waals surface area contributed by atoms with Crippen molar-refractivity contribution in [2.24, 2.45) is 0 Å². The molecular formula is C14H12F2O. The summed E-state index contributed by atoms with van der Waals surface area (Å²) in [7, 11) is 0. The van der Waals surface area contributed by atoms with Gasteiger partial charge in [-0.2, -0.15) is 0 Å². The Kier molecular flexibility index (Phi) is 3.20. The van der Waals surface area contributed by atoms with Gasteiger partial charge in [0.25, 0.3) is 0 Å². The van der Waals surface area contributed by atoms with Gasteiger partial charge in [0.05, 0.1) is 0 Å². The van der Waals surface area contributed by atoms with Crippen molar-refractivity contribution in [3.05, 3.63) is 70.8 Å². The number of benzene rings is 2. The normalized spacial score (nSPS) is 12.5. The van der Waals surface area contributed by atoms with Gasteiger partial charge in [0.1, 0.15) is 17.7 Å². The van der Waals surface area contributed by atoms with Gasteiger partial charge in [0.15, 0.2) is 0 Å². The SMILES string of the molecule is Cc1ccc(C(O)c2ccccc2F)c(F)c1. The molecule has 0 heterocycles. The summed E-state index contributed by atoms with van der Waals surface area (Å²) in [6.07, 6.45) is -1.28. The Labute approximate surface area is 98.3 Å². The molecule has 2 aromatic rings. The third kappa shape index (κ3) is 2.34. The van der Waals surface area contributed by atoms with E-state index < -0.39 is 17.7 Å². The van der Waals surface area contributed by atoms with Crippen LogP contribution in [-0.2, 0) is 0 Å². The van der Waals surface area contributed by atoms with Crippen molar-refractivity contribution in [2.75, 3.05) is 0 Å². The summed E-state index contributed by atoms with van der Waals surface area (Å²) >= 11 is 0. The second-order valence-electron chi connectivity index (χ2n) is 3.95. The van der Waals surface area contributed by atoms with Crippen LogP contribution in [0, 0.1) is 18.6 Å². The first-order valence-corrected chi connectivity index (χ1v) is 5.28. The van der Waals surface area contributed by atoms with Crippen LogP contribution in [0.5, 0.6) is 0 Å². The molecule has 0 saturated carbocycles. The van der Waals surface area contributed by atoms with Gasteiger partial charge in [-0.3, -0.25) is 0 Å². The summed E-state index contributed by atoms with van der Waals surface area (Å²) in [5, 5.41) is 9.96. The summed E-state index contributed by atoms with van der Waals surface area (Å²) in [4.78, 5) is 0. The van der Waals surface area contributed by atoms with Crippen LogP contribution < -0.4 is 0 Å². The van der Waals surface area contributed by atoms with Gasteiger partial charge in [0.2, 0.25) is 0 Å². The quantitative estimate of drug-likeness (QED) is 0.844. The average Bonchev–Trinajstić information content (AvgIpc) is 2.29. The van der Waals surface area contributed by atoms with E-state index in [9.17, 15) is 13.9 Å². The zero-order chi connectivity index (χ0) is 12.4. The van der Waals surface area contributed by atoms with Gasteiger partial charge in [-0.25, -0.2) is 8.78 Å². The molecule has 1 nitrogen and oxygen atoms in total. The molecule has 0 amide bonds. The first-order valence-electron chi connectivity index (χ1n) is 5.28. The standard InChI is InChI=1S/C14H12F2O/c1-9-6-7-11(13(16)8-9)14(17)10-4-2-3-5-12(10)15/h2-8,14,17H,1H3. The zero-order valence-electron chi connectivity index (χ0n) is 9.32. The Hall–Kier alpha value is -1.74. The van der Waals surface area contributed by atoms with Crippen LogP contribution in [0.3, 0.4) is 0 Å². The number of halogens is 2. The molecule has 2 rings (SSSR count). The van der Waals surface area contributed by atoms with Gasteiger partial charge in [-0.15, -0.1) is 0 Å². The summed E-state index contributed by atoms with van der Waals surface area (Å²) in [6.45, 7) is 1.75. The van der Waals surface area contributed by atoms with E-state index in [1.54, 1.807) is 19.1 Å². The molecule has 0 aliphatic rings. The molecule has 0 spiro atoms. The Morgan fingerprint density at radius 3 is 2.24 bits per heavy atom. The van der Waals surface area contributed by atoms with Crippen LogP contribution in [0.2, 0.25) is 0 Å². The minimum Gasteiger partial charge on any atom is -0.383 e. The van der Waals surface area contributed by atoms with Crippen LogP contribution >= 0.6 is 0 Å². The van der Waals surface area contributed by atoms with Gasteiger partial charge in [-0.1, -0.05) is 30.3 Å². The summed E-state index contributed by atoms with van der Waals surface area (Å²) in [5.74, 6) is -1.07. The molecule has 0 aromatic heterocycles. The molecule has 3 heteroatoms. The van der Waals surface area contributed by atoms with E-state index in [1.165, 1.54) is 30.3 Å². The second-order valence-corrected chi connectivity index (χ2v) is 3.95. The largest absolute Gasteiger partial charge is 0.383 e. The monoisotopic (exact) mass is 234 g/mol. The van der Waals surface area contributed by atoms with Crippen LogP contribution in [0.15, 0.2) is 42.5 Å². The summed E-state index contributed by atoms with van der Waals surface area (Å²) < 4.78 is 27.1. The van der Waals surface area contributed by atoms with E-state index in [0.29, 0.717) is 0 Å². The van der Waals surface area contributed by atoms with E-state index in [0.717, 1.165) is 5.56 Å². The highest BCUT2D eigenvalue weighted by atomic mass is 19.1. The van der Waals surface area contributed by atoms with Crippen LogP contribution in [0.1, 0.15) is 22.8 Å². The average molecular weight is 234 g/mol. The van der Waals surface area contributed by atoms with Crippen molar-refractivity contribution in [3.8, 4) is 0 Å². The summed E-state index contributed by atoms with van der Waals surface area (Å²) in [5.41, 5.74) is 0.919. The maximum absolute atomic E-state index is 13.6. The number of aliphatic hydroxyl groups is 1. The predicted molar refractivity (Wildman–Crippen MR) is 61.6 cm³/mol. The third-order valence-corrected chi connectivity index (χ3v) is 2.65. The Balaban J connectivity index is 2.44. The number of rotatable bonds is 2. The molecule has 88 valence electrons. The molecule has 0 radical (unpaired) electrons. The van der Waals surface area contributed by atoms with E-state index >= 15 is 0 Å². The van der Waals surface area contributed by atoms with E-state index in [4.69, 9.17) is 0 Å². The lowest BCUT2D eigenvalue weighted by Gasteiger charge is -2.13. The molecule has 1 N–H and O–H groups in total. The molecule has 2 aromatic carbocycles. The first kappa shape index (κ1) is 11.7. The Bertz CT molecular complexity index is 537. The number of hydrogen-bond donors (Lipinski definition) is 1. The van der Waals surface area contributed by atoms with E-state index in [1.807, 2.05) is 0 Å². The second kappa shape index (κ2) is 4.63. The molecular weight excluding hydrogens is 222 g/mol. The van der Waals surface area contributed by atoms with Crippen LogP contribution in [-0.4, -0.2) is 5.11 Å². The van der Waals surface area contributed by atoms with Gasteiger partial charge in [-0.05, 0) is 24.6 Å². The van der Waals surface area contributed by atoms with Crippen molar-refractivity contribution in [2.45, 2.75) is 13.0 Å². The molecule has 0 saturated heterocycles. The predicted octanol–water partition coefficient (Wildman–Crippen LogP) is 3.35. The number of aliphatic hydroxyl groups excluding tert-OH is 1. The lowest BCUT2D eigenvalue weighted by atomic mass is 9.99. The molecule has 0 aliphatic carbocycles. The molecule has 0 fully saturated rings. The van der Waals surface area contributed by atoms with Crippen molar-refractivity contribution >= 4 is 0 Å². The third-order valence-electron chi connectivity index (χ3n) is 2.65. The van der Waals surface area contributed by atoms with Gasteiger partial charge < -0.3 is 5.11 Å². The molecule has 1 atom stereocenters. The van der Waals surface area contributed by atoms with Crippen LogP contribution in [0.25, 0.3) is 0 Å². The van der Waals surface area contributed by atoms with Gasteiger partial charge in [0, 0.05) is 11.1 Å². The van der Waals surface area contributed by atoms with Crippen molar-refractivity contribution in [1.82, 2.24) is 0 Å². The Morgan fingerprint density at radius 1 is 0.941 bits per heavy atom. The van der Waals surface area contributed by atoms with Crippen LogP contribution in [0.4, 0.5) is 8.78 Å². The lowest BCUT2D eigenvalue weighted by Crippen LogP contribution is -2.05. The smallest absolute Gasteiger partial charge is 0.129 e. The number of hydrogen-bond acceptors (Lipinski definition) is 1. The fourth-order valence-corrected chi connectivity index (χ4v) is 1.72. The highest BCUT2D eigenvalue weighted by molar-refractivity contribution is 5.33. The van der Waals surface area contributed by atoms with Crippen molar-refractivity contribution in [3.63, 3.8) is 0 Å². The molecule has 1 unspecified atom stereocenters. The zero-order valence-corrected chi connectivity index (χ0v) is 9.32. The van der Waals surface area contributed by atoms with Gasteiger partial charge >= 0.3 is 0 Å². The lowest BCUT2D eigenvalue weighted by molar-refractivity contribution is 0.209. The fourth-order valence-electron chi connectivity index (χ4n) is 1.72. The minimum absolute atomic E-state index is 0.0789. The molecule has 0 bridgehead atoms. The highest BCUT2D eigenvalue weighted by Crippen LogP contribution is 2.26. The van der Waals surface area contributed by atoms with Crippen molar-refractivity contribution < 1.29 is 13.9 Å².